The molecule has 0 aromatic heterocycles. The third-order valence-corrected chi connectivity index (χ3v) is 6.35. The molecule has 0 unspecified atom stereocenters. The minimum Gasteiger partial charge on any atom is -0.377 e. The predicted octanol–water partition coefficient (Wildman–Crippen LogP) is 5.26. The Balaban J connectivity index is 0. The van der Waals surface area contributed by atoms with Gasteiger partial charge in [0.15, 0.2) is 0 Å². The van der Waals surface area contributed by atoms with E-state index >= 15 is 0 Å². The molecular formula is C14H32N3O3Si-. The van der Waals surface area contributed by atoms with Crippen LogP contribution in [0.1, 0.15) is 64.7 Å². The first-order chi connectivity index (χ1) is 10.2. The van der Waals surface area contributed by atoms with Crippen LogP contribution in [0.4, 0.5) is 0 Å². The van der Waals surface area contributed by atoms with Gasteiger partial charge in [-0.1, -0.05) is 58.3 Å². The molecule has 0 heterocycles. The molecule has 0 N–H and O–H groups in total. The summed E-state index contributed by atoms with van der Waals surface area (Å²) < 4.78 is 16.2. The highest BCUT2D eigenvalue weighted by Crippen LogP contribution is 2.18. The molecular weight excluding hydrogens is 286 g/mol. The predicted molar refractivity (Wildman–Crippen MR) is 88.9 cm³/mol. The van der Waals surface area contributed by atoms with Gasteiger partial charge >= 0.3 is 8.80 Å². The van der Waals surface area contributed by atoms with Crippen molar-refractivity contribution in [3.8, 4) is 0 Å². The van der Waals surface area contributed by atoms with Crippen molar-refractivity contribution in [2.45, 2.75) is 70.8 Å². The van der Waals surface area contributed by atoms with Crippen molar-refractivity contribution in [3.63, 3.8) is 0 Å². The Morgan fingerprint density at radius 2 is 1.05 bits per heavy atom. The third kappa shape index (κ3) is 14.1. The van der Waals surface area contributed by atoms with E-state index in [9.17, 15) is 0 Å². The molecule has 21 heavy (non-hydrogen) atoms. The van der Waals surface area contributed by atoms with E-state index in [0.717, 1.165) is 12.5 Å². The second kappa shape index (κ2) is 17.5. The summed E-state index contributed by atoms with van der Waals surface area (Å²) in [7, 11) is 2.76. The molecule has 0 rings (SSSR count). The zero-order valence-electron chi connectivity index (χ0n) is 14.1. The fourth-order valence-electron chi connectivity index (χ4n) is 2.21. The highest BCUT2D eigenvalue weighted by molar-refractivity contribution is 6.60. The molecule has 0 saturated carbocycles. The second-order valence-electron chi connectivity index (χ2n) is 4.96. The van der Waals surface area contributed by atoms with Gasteiger partial charge in [-0.25, -0.2) is 0 Å². The van der Waals surface area contributed by atoms with E-state index in [4.69, 9.17) is 24.3 Å². The summed E-state index contributed by atoms with van der Waals surface area (Å²) in [5.74, 6) is 0. The van der Waals surface area contributed by atoms with Crippen molar-refractivity contribution >= 4 is 8.80 Å². The second-order valence-corrected chi connectivity index (χ2v) is 8.05. The van der Waals surface area contributed by atoms with Crippen molar-refractivity contribution < 1.29 is 13.3 Å². The van der Waals surface area contributed by atoms with Crippen LogP contribution in [0.3, 0.4) is 0 Å². The smallest absolute Gasteiger partial charge is 0.377 e. The summed E-state index contributed by atoms with van der Waals surface area (Å²) in [6.45, 7) is 2.26. The zero-order valence-corrected chi connectivity index (χ0v) is 15.1. The van der Waals surface area contributed by atoms with Gasteiger partial charge in [0.05, 0.1) is 0 Å². The maximum absolute atomic E-state index is 6.75. The van der Waals surface area contributed by atoms with Crippen LogP contribution >= 0.6 is 0 Å². The summed E-state index contributed by atoms with van der Waals surface area (Å²) in [4.78, 5) is 1.50. The van der Waals surface area contributed by atoms with Crippen molar-refractivity contribution in [2.75, 3.05) is 21.3 Å². The lowest BCUT2D eigenvalue weighted by Crippen LogP contribution is -2.42. The third-order valence-electron chi connectivity index (χ3n) is 3.52. The molecule has 0 bridgehead atoms. The summed E-state index contributed by atoms with van der Waals surface area (Å²) in [6, 6.07) is 0.937. The van der Waals surface area contributed by atoms with Crippen LogP contribution in [0, 0.1) is 0 Å². The molecule has 0 spiro atoms. The average Bonchev–Trinajstić information content (AvgIpc) is 2.51. The normalized spacial score (nSPS) is 10.7. The van der Waals surface area contributed by atoms with Crippen LogP contribution in [-0.4, -0.2) is 30.1 Å². The zero-order chi connectivity index (χ0) is 16.4. The van der Waals surface area contributed by atoms with Gasteiger partial charge in [-0.2, -0.15) is 0 Å². The molecule has 0 radical (unpaired) electrons. The molecule has 0 aromatic carbocycles. The van der Waals surface area contributed by atoms with E-state index < -0.39 is 8.80 Å². The molecule has 0 aromatic rings. The van der Waals surface area contributed by atoms with Crippen LogP contribution in [0.2, 0.25) is 6.04 Å². The number of hydrogen-bond donors (Lipinski definition) is 0. The van der Waals surface area contributed by atoms with Crippen LogP contribution in [0.5, 0.6) is 0 Å². The van der Waals surface area contributed by atoms with Crippen molar-refractivity contribution in [1.82, 2.24) is 0 Å². The van der Waals surface area contributed by atoms with Crippen molar-refractivity contribution in [3.05, 3.63) is 16.0 Å². The van der Waals surface area contributed by atoms with E-state index in [1.165, 1.54) is 56.3 Å². The van der Waals surface area contributed by atoms with Crippen LogP contribution in [0.15, 0.2) is 0 Å². The van der Waals surface area contributed by atoms with Crippen LogP contribution < -0.4 is 0 Å². The number of hydrogen-bond acceptors (Lipinski definition) is 3. The number of rotatable bonds is 13. The Morgan fingerprint density at radius 3 is 1.38 bits per heavy atom. The Hall–Kier alpha value is -0.593. The lowest BCUT2D eigenvalue weighted by Gasteiger charge is -2.24. The molecule has 0 aliphatic heterocycles. The van der Waals surface area contributed by atoms with Crippen LogP contribution in [0.25, 0.3) is 16.0 Å². The minimum absolute atomic E-state index is 0.937. The molecule has 0 fully saturated rings. The minimum atomic E-state index is -2.30. The summed E-state index contributed by atoms with van der Waals surface area (Å²) >= 11 is 0. The van der Waals surface area contributed by atoms with E-state index in [0.29, 0.717) is 0 Å². The van der Waals surface area contributed by atoms with Gasteiger partial charge in [-0.05, 0) is 6.42 Å². The van der Waals surface area contributed by atoms with Gasteiger partial charge in [-0.15, -0.1) is 0 Å². The Morgan fingerprint density at radius 1 is 0.714 bits per heavy atom. The molecule has 0 saturated heterocycles. The molecule has 0 amide bonds. The Labute approximate surface area is 131 Å². The topological polar surface area (TPSA) is 86.4 Å². The Kier molecular flexibility index (Phi) is 18.9. The largest absolute Gasteiger partial charge is 0.500 e. The summed E-state index contributed by atoms with van der Waals surface area (Å²) in [5.41, 5.74) is 13.5. The number of unbranched alkanes of at least 4 members (excludes halogenated alkanes) is 8. The molecule has 126 valence electrons. The van der Waals surface area contributed by atoms with E-state index in [2.05, 4.69) is 6.92 Å². The van der Waals surface area contributed by atoms with Gasteiger partial charge < -0.3 is 24.3 Å². The first kappa shape index (κ1) is 22.7. The standard InChI is InChI=1S/C14H32O3Si.N3/c1-5-6-7-8-9-10-11-12-13-14-18(15-2,16-3)17-4;1-3-2/h5-14H2,1-4H3;/q;-1. The molecule has 6 nitrogen and oxygen atoms in total. The van der Waals surface area contributed by atoms with Gasteiger partial charge in [0.25, 0.3) is 0 Å². The Bertz CT molecular complexity index is 237. The molecule has 7 heteroatoms. The maximum atomic E-state index is 6.75. The first-order valence-electron chi connectivity index (χ1n) is 7.80. The lowest BCUT2D eigenvalue weighted by atomic mass is 10.1. The highest BCUT2D eigenvalue weighted by Gasteiger charge is 2.36. The fraction of sp³-hybridized carbons (Fsp3) is 1.00. The van der Waals surface area contributed by atoms with Gasteiger partial charge in [0, 0.05) is 27.4 Å². The first-order valence-corrected chi connectivity index (χ1v) is 9.73. The monoisotopic (exact) mass is 318 g/mol. The SMILES string of the molecule is CCCCCCCCCCC[Si](OC)(OC)OC.[N-]=[N+]=[N-]. The van der Waals surface area contributed by atoms with Gasteiger partial charge in [0.2, 0.25) is 0 Å². The van der Waals surface area contributed by atoms with Crippen LogP contribution in [-0.2, 0) is 13.3 Å². The summed E-state index contributed by atoms with van der Waals surface area (Å²) in [6.07, 6.45) is 12.0. The lowest BCUT2D eigenvalue weighted by molar-refractivity contribution is 0.122. The maximum Gasteiger partial charge on any atom is 0.500 e. The molecule has 0 aliphatic rings. The van der Waals surface area contributed by atoms with Crippen molar-refractivity contribution in [2.24, 2.45) is 0 Å². The van der Waals surface area contributed by atoms with Gasteiger partial charge in [-0.3, -0.25) is 4.91 Å². The van der Waals surface area contributed by atoms with E-state index in [-0.39, 0.29) is 0 Å². The molecule has 0 atom stereocenters. The molecule has 0 aliphatic carbocycles. The average molecular weight is 319 g/mol. The highest BCUT2D eigenvalue weighted by atomic mass is 28.4. The van der Waals surface area contributed by atoms with Crippen molar-refractivity contribution in [1.29, 1.82) is 0 Å². The fourth-order valence-corrected chi connectivity index (χ4v) is 4.00. The van der Waals surface area contributed by atoms with E-state index in [1.807, 2.05) is 0 Å². The number of nitrogens with zero attached hydrogens (tertiary/aromatic N) is 3. The van der Waals surface area contributed by atoms with E-state index in [1.54, 1.807) is 21.3 Å². The summed E-state index contributed by atoms with van der Waals surface area (Å²) in [5, 5.41) is 0. The van der Waals surface area contributed by atoms with Gasteiger partial charge in [0.1, 0.15) is 0 Å². The quantitative estimate of drug-likeness (QED) is 0.152.